The van der Waals surface area contributed by atoms with Gasteiger partial charge in [-0.25, -0.2) is 0 Å². The summed E-state index contributed by atoms with van der Waals surface area (Å²) in [4.78, 5) is 0. The third-order valence-electron chi connectivity index (χ3n) is 1.78. The fraction of sp³-hybridized carbons (Fsp3) is 0.556. The maximum absolute atomic E-state index is 5.92. The van der Waals surface area contributed by atoms with Crippen molar-refractivity contribution in [1.82, 2.24) is 0 Å². The van der Waals surface area contributed by atoms with Gasteiger partial charge in [0.2, 0.25) is 0 Å². The molecule has 2 nitrogen and oxygen atoms in total. The van der Waals surface area contributed by atoms with Crippen LogP contribution in [0.5, 0.6) is 0 Å². The van der Waals surface area contributed by atoms with Gasteiger partial charge in [0.05, 0.1) is 12.3 Å². The number of nitrogens with two attached hydrogens (primary N) is 1. The molecule has 1 aromatic heterocycles. The Bertz CT molecular complexity index is 208. The molecule has 1 atom stereocenters. The van der Waals surface area contributed by atoms with Crippen molar-refractivity contribution < 1.29 is 4.42 Å². The van der Waals surface area contributed by atoms with Gasteiger partial charge in [-0.3, -0.25) is 0 Å². The van der Waals surface area contributed by atoms with Crippen molar-refractivity contribution in [3.8, 4) is 0 Å². The Balaban J connectivity index is 2.78. The van der Waals surface area contributed by atoms with Crippen LogP contribution in [0.3, 0.4) is 0 Å². The molecule has 0 aliphatic rings. The Labute approximate surface area is 67.4 Å². The molecule has 0 fully saturated rings. The first-order valence-electron chi connectivity index (χ1n) is 3.81. The zero-order chi connectivity index (χ0) is 8.48. The molecule has 62 valence electrons. The highest BCUT2D eigenvalue weighted by molar-refractivity contribution is 5.06. The van der Waals surface area contributed by atoms with E-state index in [0.717, 1.165) is 5.76 Å². The number of hydrogen-bond donors (Lipinski definition) is 1. The van der Waals surface area contributed by atoms with Crippen LogP contribution < -0.4 is 5.73 Å². The summed E-state index contributed by atoms with van der Waals surface area (Å²) in [5.41, 5.74) is 5.99. The fourth-order valence-electron chi connectivity index (χ4n) is 0.895. The maximum atomic E-state index is 5.92. The van der Waals surface area contributed by atoms with Gasteiger partial charge in [0.25, 0.3) is 0 Å². The monoisotopic (exact) mass is 153 g/mol. The molecule has 2 heteroatoms. The van der Waals surface area contributed by atoms with Gasteiger partial charge in [-0.05, 0) is 17.5 Å². The minimum atomic E-state index is -0.0162. The lowest BCUT2D eigenvalue weighted by Gasteiger charge is -2.24. The highest BCUT2D eigenvalue weighted by Gasteiger charge is 2.23. The molecule has 0 saturated carbocycles. The van der Waals surface area contributed by atoms with Gasteiger partial charge in [-0.15, -0.1) is 0 Å². The summed E-state index contributed by atoms with van der Waals surface area (Å²) < 4.78 is 5.20. The molecule has 0 aliphatic heterocycles. The topological polar surface area (TPSA) is 39.2 Å². The normalized spacial score (nSPS) is 14.9. The van der Waals surface area contributed by atoms with Crippen molar-refractivity contribution in [2.45, 2.75) is 26.8 Å². The lowest BCUT2D eigenvalue weighted by atomic mass is 9.86. The molecule has 0 aromatic carbocycles. The maximum Gasteiger partial charge on any atom is 0.120 e. The van der Waals surface area contributed by atoms with E-state index in [1.165, 1.54) is 0 Å². The van der Waals surface area contributed by atoms with Crippen LogP contribution in [0.15, 0.2) is 22.8 Å². The summed E-state index contributed by atoms with van der Waals surface area (Å²) in [5, 5.41) is 0. The predicted molar refractivity (Wildman–Crippen MR) is 45.1 cm³/mol. The van der Waals surface area contributed by atoms with Crippen LogP contribution in [0.25, 0.3) is 0 Å². The first kappa shape index (κ1) is 8.34. The summed E-state index contributed by atoms with van der Waals surface area (Å²) in [6.07, 6.45) is 1.65. The van der Waals surface area contributed by atoms with E-state index in [0.29, 0.717) is 0 Å². The van der Waals surface area contributed by atoms with Crippen molar-refractivity contribution in [2.75, 3.05) is 0 Å². The second-order valence-electron chi connectivity index (χ2n) is 3.86. The summed E-state index contributed by atoms with van der Waals surface area (Å²) >= 11 is 0. The van der Waals surface area contributed by atoms with Crippen molar-refractivity contribution in [2.24, 2.45) is 11.1 Å². The molecule has 1 aromatic rings. The number of hydrogen-bond acceptors (Lipinski definition) is 2. The third-order valence-corrected chi connectivity index (χ3v) is 1.78. The molecule has 0 spiro atoms. The predicted octanol–water partition coefficient (Wildman–Crippen LogP) is 2.33. The van der Waals surface area contributed by atoms with Crippen LogP contribution >= 0.6 is 0 Å². The minimum absolute atomic E-state index is 0.0162. The Kier molecular flexibility index (Phi) is 2.05. The van der Waals surface area contributed by atoms with Crippen LogP contribution in [0.4, 0.5) is 0 Å². The van der Waals surface area contributed by atoms with E-state index in [1.807, 2.05) is 12.1 Å². The van der Waals surface area contributed by atoms with Gasteiger partial charge < -0.3 is 10.2 Å². The first-order chi connectivity index (χ1) is 5.02. The lowest BCUT2D eigenvalue weighted by molar-refractivity contribution is 0.285. The third kappa shape index (κ3) is 1.84. The second-order valence-corrected chi connectivity index (χ2v) is 3.86. The molecular weight excluding hydrogens is 138 g/mol. The van der Waals surface area contributed by atoms with E-state index in [2.05, 4.69) is 20.8 Å². The van der Waals surface area contributed by atoms with E-state index >= 15 is 0 Å². The first-order valence-corrected chi connectivity index (χ1v) is 3.81. The highest BCUT2D eigenvalue weighted by Crippen LogP contribution is 2.30. The molecule has 0 saturated heterocycles. The lowest BCUT2D eigenvalue weighted by Crippen LogP contribution is -2.25. The van der Waals surface area contributed by atoms with E-state index in [4.69, 9.17) is 10.2 Å². The van der Waals surface area contributed by atoms with E-state index in [9.17, 15) is 0 Å². The average Bonchev–Trinajstić information content (AvgIpc) is 2.34. The Hall–Kier alpha value is -0.760. The summed E-state index contributed by atoms with van der Waals surface area (Å²) in [7, 11) is 0. The smallest absolute Gasteiger partial charge is 0.120 e. The van der Waals surface area contributed by atoms with Crippen molar-refractivity contribution in [1.29, 1.82) is 0 Å². The van der Waals surface area contributed by atoms with Gasteiger partial charge in [-0.1, -0.05) is 20.8 Å². The Morgan fingerprint density at radius 3 is 2.45 bits per heavy atom. The fourth-order valence-corrected chi connectivity index (χ4v) is 0.895. The van der Waals surface area contributed by atoms with E-state index < -0.39 is 0 Å². The van der Waals surface area contributed by atoms with Gasteiger partial charge in [-0.2, -0.15) is 0 Å². The molecule has 0 radical (unpaired) electrons. The molecule has 1 unspecified atom stereocenters. The molecule has 1 rings (SSSR count). The molecule has 1 heterocycles. The largest absolute Gasteiger partial charge is 0.468 e. The van der Waals surface area contributed by atoms with Crippen LogP contribution in [0.1, 0.15) is 32.6 Å². The van der Waals surface area contributed by atoms with Crippen molar-refractivity contribution >= 4 is 0 Å². The Morgan fingerprint density at radius 2 is 2.09 bits per heavy atom. The van der Waals surface area contributed by atoms with Gasteiger partial charge >= 0.3 is 0 Å². The van der Waals surface area contributed by atoms with Gasteiger partial charge in [0.15, 0.2) is 0 Å². The summed E-state index contributed by atoms with van der Waals surface area (Å²) in [5.74, 6) is 0.859. The van der Waals surface area contributed by atoms with Crippen LogP contribution in [0.2, 0.25) is 0 Å². The van der Waals surface area contributed by atoms with Crippen molar-refractivity contribution in [3.05, 3.63) is 24.2 Å². The van der Waals surface area contributed by atoms with Crippen LogP contribution in [-0.4, -0.2) is 0 Å². The molecule has 0 aliphatic carbocycles. The Morgan fingerprint density at radius 1 is 1.45 bits per heavy atom. The minimum Gasteiger partial charge on any atom is -0.468 e. The summed E-state index contributed by atoms with van der Waals surface area (Å²) in [6, 6.07) is 3.76. The quantitative estimate of drug-likeness (QED) is 0.672. The molecule has 11 heavy (non-hydrogen) atoms. The zero-order valence-electron chi connectivity index (χ0n) is 7.29. The molecular formula is C9H15NO. The average molecular weight is 153 g/mol. The molecule has 0 amide bonds. The van der Waals surface area contributed by atoms with Crippen LogP contribution in [-0.2, 0) is 0 Å². The molecule has 2 N–H and O–H groups in total. The van der Waals surface area contributed by atoms with Gasteiger partial charge in [0.1, 0.15) is 5.76 Å². The number of furan rings is 1. The van der Waals surface area contributed by atoms with Crippen LogP contribution in [0, 0.1) is 5.41 Å². The highest BCUT2D eigenvalue weighted by atomic mass is 16.3. The SMILES string of the molecule is CC(C)(C)C(N)c1ccco1. The van der Waals surface area contributed by atoms with E-state index in [1.54, 1.807) is 6.26 Å². The second kappa shape index (κ2) is 2.70. The number of rotatable bonds is 1. The molecule has 0 bridgehead atoms. The summed E-state index contributed by atoms with van der Waals surface area (Å²) in [6.45, 7) is 6.29. The standard InChI is InChI=1S/C9H15NO/c1-9(2,3)8(10)7-5-4-6-11-7/h4-6,8H,10H2,1-3H3. The van der Waals surface area contributed by atoms with Crippen molar-refractivity contribution in [3.63, 3.8) is 0 Å². The van der Waals surface area contributed by atoms with Gasteiger partial charge in [0, 0.05) is 0 Å². The van der Waals surface area contributed by atoms with E-state index in [-0.39, 0.29) is 11.5 Å². The zero-order valence-corrected chi connectivity index (χ0v) is 7.29.